The number of aromatic nitrogens is 1. The standard InChI is InChI=1S/C7H11NOS2/c1-6(9)2-4-10-7-8-3-5-11-7/h3,5-6,9H,2,4H2,1H3. The second kappa shape index (κ2) is 4.74. The van der Waals surface area contributed by atoms with Crippen molar-refractivity contribution in [2.45, 2.75) is 23.8 Å². The summed E-state index contributed by atoms with van der Waals surface area (Å²) >= 11 is 3.35. The lowest BCUT2D eigenvalue weighted by Crippen LogP contribution is -1.99. The maximum atomic E-state index is 8.95. The van der Waals surface area contributed by atoms with Gasteiger partial charge in [-0.05, 0) is 13.3 Å². The lowest BCUT2D eigenvalue weighted by Gasteiger charge is -2.00. The summed E-state index contributed by atoms with van der Waals surface area (Å²) in [7, 11) is 0. The molecule has 4 heteroatoms. The highest BCUT2D eigenvalue weighted by Crippen LogP contribution is 2.20. The lowest BCUT2D eigenvalue weighted by atomic mass is 10.3. The second-order valence-electron chi connectivity index (χ2n) is 2.28. The van der Waals surface area contributed by atoms with Crippen LogP contribution in [0.1, 0.15) is 13.3 Å². The Morgan fingerprint density at radius 2 is 2.64 bits per heavy atom. The van der Waals surface area contributed by atoms with E-state index in [1.165, 1.54) is 0 Å². The first-order valence-electron chi connectivity index (χ1n) is 3.49. The van der Waals surface area contributed by atoms with Gasteiger partial charge >= 0.3 is 0 Å². The molecule has 0 aromatic carbocycles. The quantitative estimate of drug-likeness (QED) is 0.735. The molecule has 0 spiro atoms. The molecule has 0 saturated carbocycles. The van der Waals surface area contributed by atoms with Crippen LogP contribution >= 0.6 is 23.1 Å². The van der Waals surface area contributed by atoms with Gasteiger partial charge in [0.1, 0.15) is 4.34 Å². The predicted octanol–water partition coefficient (Wildman–Crippen LogP) is 2.01. The van der Waals surface area contributed by atoms with Gasteiger partial charge in [0.15, 0.2) is 0 Å². The fourth-order valence-corrected chi connectivity index (χ4v) is 2.42. The van der Waals surface area contributed by atoms with Crippen LogP contribution in [0.4, 0.5) is 0 Å². The van der Waals surface area contributed by atoms with E-state index in [2.05, 4.69) is 4.98 Å². The van der Waals surface area contributed by atoms with Crippen molar-refractivity contribution in [2.24, 2.45) is 0 Å². The van der Waals surface area contributed by atoms with Crippen molar-refractivity contribution in [1.82, 2.24) is 4.98 Å². The summed E-state index contributed by atoms with van der Waals surface area (Å²) < 4.78 is 1.09. The summed E-state index contributed by atoms with van der Waals surface area (Å²) in [6, 6.07) is 0. The van der Waals surface area contributed by atoms with Crippen molar-refractivity contribution in [1.29, 1.82) is 0 Å². The van der Waals surface area contributed by atoms with Gasteiger partial charge in [0.05, 0.1) is 6.10 Å². The number of aliphatic hydroxyl groups is 1. The van der Waals surface area contributed by atoms with Crippen LogP contribution in [-0.2, 0) is 0 Å². The number of aliphatic hydroxyl groups excluding tert-OH is 1. The van der Waals surface area contributed by atoms with Gasteiger partial charge in [0.2, 0.25) is 0 Å². The third-order valence-corrected chi connectivity index (χ3v) is 3.17. The van der Waals surface area contributed by atoms with Crippen molar-refractivity contribution < 1.29 is 5.11 Å². The molecule has 0 radical (unpaired) electrons. The highest BCUT2D eigenvalue weighted by atomic mass is 32.2. The molecule has 0 aliphatic carbocycles. The molecule has 1 atom stereocenters. The van der Waals surface area contributed by atoms with Crippen LogP contribution < -0.4 is 0 Å². The monoisotopic (exact) mass is 189 g/mol. The van der Waals surface area contributed by atoms with Crippen molar-refractivity contribution in [3.05, 3.63) is 11.6 Å². The van der Waals surface area contributed by atoms with Gasteiger partial charge in [-0.1, -0.05) is 11.8 Å². The zero-order valence-corrected chi connectivity index (χ0v) is 7.99. The van der Waals surface area contributed by atoms with E-state index in [4.69, 9.17) is 5.11 Å². The normalized spacial score (nSPS) is 13.3. The summed E-state index contributed by atoms with van der Waals surface area (Å²) in [6.45, 7) is 1.81. The average Bonchev–Trinajstić information content (AvgIpc) is 2.39. The number of hydrogen-bond donors (Lipinski definition) is 1. The largest absolute Gasteiger partial charge is 0.393 e. The van der Waals surface area contributed by atoms with Crippen molar-refractivity contribution in [2.75, 3.05) is 5.75 Å². The van der Waals surface area contributed by atoms with Crippen molar-refractivity contribution in [3.63, 3.8) is 0 Å². The van der Waals surface area contributed by atoms with E-state index in [0.717, 1.165) is 16.5 Å². The Labute approximate surface area is 74.7 Å². The topological polar surface area (TPSA) is 33.1 Å². The van der Waals surface area contributed by atoms with E-state index in [9.17, 15) is 0 Å². The van der Waals surface area contributed by atoms with Crippen LogP contribution in [0.15, 0.2) is 15.9 Å². The number of thioether (sulfide) groups is 1. The van der Waals surface area contributed by atoms with Gasteiger partial charge < -0.3 is 5.11 Å². The van der Waals surface area contributed by atoms with Crippen LogP contribution in [0.2, 0.25) is 0 Å². The van der Waals surface area contributed by atoms with Crippen LogP contribution in [0.3, 0.4) is 0 Å². The smallest absolute Gasteiger partial charge is 0.149 e. The molecule has 62 valence electrons. The van der Waals surface area contributed by atoms with E-state index < -0.39 is 0 Å². The third-order valence-electron chi connectivity index (χ3n) is 1.17. The molecule has 1 unspecified atom stereocenters. The van der Waals surface area contributed by atoms with E-state index in [1.807, 2.05) is 12.3 Å². The van der Waals surface area contributed by atoms with Gasteiger partial charge in [-0.3, -0.25) is 0 Å². The van der Waals surface area contributed by atoms with Gasteiger partial charge in [0.25, 0.3) is 0 Å². The van der Waals surface area contributed by atoms with E-state index in [-0.39, 0.29) is 6.10 Å². The number of hydrogen-bond acceptors (Lipinski definition) is 4. The summed E-state index contributed by atoms with van der Waals surface area (Å²) in [5.41, 5.74) is 0. The zero-order valence-electron chi connectivity index (χ0n) is 6.36. The van der Waals surface area contributed by atoms with Crippen LogP contribution in [0.5, 0.6) is 0 Å². The lowest BCUT2D eigenvalue weighted by molar-refractivity contribution is 0.192. The molecule has 0 amide bonds. The average molecular weight is 189 g/mol. The number of thiazole rings is 1. The molecule has 0 aliphatic heterocycles. The SMILES string of the molecule is CC(O)CCSc1nccs1. The Balaban J connectivity index is 2.14. The maximum Gasteiger partial charge on any atom is 0.149 e. The van der Waals surface area contributed by atoms with E-state index in [0.29, 0.717) is 0 Å². The minimum atomic E-state index is -0.192. The molecule has 0 aliphatic rings. The fourth-order valence-electron chi connectivity index (χ4n) is 0.598. The molecule has 2 nitrogen and oxygen atoms in total. The molecule has 1 aromatic rings. The highest BCUT2D eigenvalue weighted by molar-refractivity contribution is 8.00. The Kier molecular flexibility index (Phi) is 3.90. The first-order valence-corrected chi connectivity index (χ1v) is 5.36. The molecular formula is C7H11NOS2. The second-order valence-corrected chi connectivity index (χ2v) is 4.52. The number of nitrogens with zero attached hydrogens (tertiary/aromatic N) is 1. The van der Waals surface area contributed by atoms with Crippen molar-refractivity contribution >= 4 is 23.1 Å². The molecule has 1 N–H and O–H groups in total. The molecule has 1 rings (SSSR count). The molecule has 1 heterocycles. The van der Waals surface area contributed by atoms with Crippen molar-refractivity contribution in [3.8, 4) is 0 Å². The van der Waals surface area contributed by atoms with Crippen LogP contribution in [-0.4, -0.2) is 21.9 Å². The fraction of sp³-hybridized carbons (Fsp3) is 0.571. The molecule has 1 aromatic heterocycles. The Bertz CT molecular complexity index is 186. The summed E-state index contributed by atoms with van der Waals surface area (Å²) in [6.07, 6.45) is 2.45. The first-order chi connectivity index (χ1) is 5.29. The minimum Gasteiger partial charge on any atom is -0.393 e. The maximum absolute atomic E-state index is 8.95. The highest BCUT2D eigenvalue weighted by Gasteiger charge is 1.98. The Hall–Kier alpha value is -0.0600. The number of rotatable bonds is 4. The minimum absolute atomic E-state index is 0.192. The predicted molar refractivity (Wildman–Crippen MR) is 49.1 cm³/mol. The Morgan fingerprint density at radius 1 is 1.82 bits per heavy atom. The zero-order chi connectivity index (χ0) is 8.10. The van der Waals surface area contributed by atoms with Gasteiger partial charge in [-0.25, -0.2) is 4.98 Å². The molecule has 0 bridgehead atoms. The van der Waals surface area contributed by atoms with Gasteiger partial charge in [-0.2, -0.15) is 0 Å². The summed E-state index contributed by atoms with van der Waals surface area (Å²) in [4.78, 5) is 4.11. The summed E-state index contributed by atoms with van der Waals surface area (Å²) in [5.74, 6) is 0.950. The third kappa shape index (κ3) is 3.74. The Morgan fingerprint density at radius 3 is 3.18 bits per heavy atom. The van der Waals surface area contributed by atoms with E-state index in [1.54, 1.807) is 29.3 Å². The molecule has 0 fully saturated rings. The first kappa shape index (κ1) is 9.03. The van der Waals surface area contributed by atoms with Gasteiger partial charge in [0, 0.05) is 17.3 Å². The van der Waals surface area contributed by atoms with E-state index >= 15 is 0 Å². The summed E-state index contributed by atoms with van der Waals surface area (Å²) in [5, 5.41) is 10.9. The molecular weight excluding hydrogens is 178 g/mol. The van der Waals surface area contributed by atoms with Crippen LogP contribution in [0.25, 0.3) is 0 Å². The van der Waals surface area contributed by atoms with Crippen LogP contribution in [0, 0.1) is 0 Å². The van der Waals surface area contributed by atoms with Gasteiger partial charge in [-0.15, -0.1) is 11.3 Å². The molecule has 0 saturated heterocycles. The molecule has 11 heavy (non-hydrogen) atoms.